The fourth-order valence-electron chi connectivity index (χ4n) is 1.05. The molecule has 13 heavy (non-hydrogen) atoms. The SMILES string of the molecule is CC/C=C\CCSc1ccccc1. The molecule has 0 bridgehead atoms. The third kappa shape index (κ3) is 4.79. The summed E-state index contributed by atoms with van der Waals surface area (Å²) in [6, 6.07) is 10.6. The summed E-state index contributed by atoms with van der Waals surface area (Å²) >= 11 is 1.92. The van der Waals surface area contributed by atoms with E-state index in [1.165, 1.54) is 17.1 Å². The second kappa shape index (κ2) is 6.79. The molecule has 0 heterocycles. The molecule has 1 aromatic carbocycles. The molecule has 0 saturated heterocycles. The molecule has 1 rings (SSSR count). The van der Waals surface area contributed by atoms with E-state index in [9.17, 15) is 0 Å². The number of thioether (sulfide) groups is 1. The topological polar surface area (TPSA) is 0 Å². The Morgan fingerprint density at radius 2 is 1.92 bits per heavy atom. The van der Waals surface area contributed by atoms with Crippen molar-refractivity contribution in [2.75, 3.05) is 5.75 Å². The number of hydrogen-bond acceptors (Lipinski definition) is 1. The van der Waals surface area contributed by atoms with Crippen LogP contribution >= 0.6 is 11.8 Å². The number of benzene rings is 1. The van der Waals surface area contributed by atoms with Crippen LogP contribution in [0.5, 0.6) is 0 Å². The monoisotopic (exact) mass is 192 g/mol. The Balaban J connectivity index is 2.17. The van der Waals surface area contributed by atoms with Crippen molar-refractivity contribution >= 4 is 11.8 Å². The quantitative estimate of drug-likeness (QED) is 0.384. The average molecular weight is 192 g/mol. The van der Waals surface area contributed by atoms with E-state index in [0.29, 0.717) is 0 Å². The summed E-state index contributed by atoms with van der Waals surface area (Å²) in [4.78, 5) is 1.37. The third-order valence-corrected chi connectivity index (χ3v) is 2.74. The van der Waals surface area contributed by atoms with E-state index in [2.05, 4.69) is 49.4 Å². The lowest BCUT2D eigenvalue weighted by atomic mass is 10.4. The maximum Gasteiger partial charge on any atom is 0.00720 e. The molecule has 0 atom stereocenters. The average Bonchev–Trinajstić information content (AvgIpc) is 2.19. The third-order valence-electron chi connectivity index (χ3n) is 1.70. The van der Waals surface area contributed by atoms with Crippen LogP contribution in [0.4, 0.5) is 0 Å². The zero-order valence-electron chi connectivity index (χ0n) is 8.07. The van der Waals surface area contributed by atoms with Crippen LogP contribution < -0.4 is 0 Å². The van der Waals surface area contributed by atoms with Crippen LogP contribution in [0.15, 0.2) is 47.4 Å². The van der Waals surface area contributed by atoms with E-state index in [0.717, 1.165) is 6.42 Å². The number of rotatable bonds is 5. The van der Waals surface area contributed by atoms with Gasteiger partial charge in [-0.25, -0.2) is 0 Å². The zero-order valence-corrected chi connectivity index (χ0v) is 8.89. The van der Waals surface area contributed by atoms with Gasteiger partial charge in [0.25, 0.3) is 0 Å². The number of allylic oxidation sites excluding steroid dienone is 2. The Labute approximate surface area is 85.1 Å². The van der Waals surface area contributed by atoms with Gasteiger partial charge in [0.15, 0.2) is 0 Å². The van der Waals surface area contributed by atoms with Gasteiger partial charge in [-0.1, -0.05) is 37.3 Å². The Kier molecular flexibility index (Phi) is 5.42. The molecule has 0 fully saturated rings. The Morgan fingerprint density at radius 1 is 1.15 bits per heavy atom. The van der Waals surface area contributed by atoms with Crippen molar-refractivity contribution < 1.29 is 0 Å². The number of hydrogen-bond donors (Lipinski definition) is 0. The van der Waals surface area contributed by atoms with E-state index >= 15 is 0 Å². The van der Waals surface area contributed by atoms with Crippen LogP contribution in [0.3, 0.4) is 0 Å². The molecule has 0 N–H and O–H groups in total. The van der Waals surface area contributed by atoms with Gasteiger partial charge in [-0.3, -0.25) is 0 Å². The molecule has 0 aliphatic carbocycles. The van der Waals surface area contributed by atoms with Crippen molar-refractivity contribution in [2.24, 2.45) is 0 Å². The minimum Gasteiger partial charge on any atom is -0.126 e. The molecular formula is C12H16S. The van der Waals surface area contributed by atoms with E-state index in [4.69, 9.17) is 0 Å². The summed E-state index contributed by atoms with van der Waals surface area (Å²) in [6.07, 6.45) is 6.81. The van der Waals surface area contributed by atoms with Gasteiger partial charge in [-0.15, -0.1) is 11.8 Å². The molecule has 0 unspecified atom stereocenters. The minimum atomic E-state index is 1.15. The summed E-state index contributed by atoms with van der Waals surface area (Å²) in [5.41, 5.74) is 0. The van der Waals surface area contributed by atoms with Crippen molar-refractivity contribution in [3.05, 3.63) is 42.5 Å². The minimum absolute atomic E-state index is 1.15. The first-order valence-corrected chi connectivity index (χ1v) is 5.75. The maximum atomic E-state index is 2.26. The Bertz CT molecular complexity index is 239. The fourth-order valence-corrected chi connectivity index (χ4v) is 1.89. The summed E-state index contributed by atoms with van der Waals surface area (Å²) in [5, 5.41) is 0. The molecule has 70 valence electrons. The predicted octanol–water partition coefficient (Wildman–Crippen LogP) is 4.14. The molecule has 0 nitrogen and oxygen atoms in total. The fraction of sp³-hybridized carbons (Fsp3) is 0.333. The molecule has 0 aromatic heterocycles. The first-order valence-electron chi connectivity index (χ1n) is 4.76. The van der Waals surface area contributed by atoms with E-state index in [-0.39, 0.29) is 0 Å². The lowest BCUT2D eigenvalue weighted by molar-refractivity contribution is 1.16. The zero-order chi connectivity index (χ0) is 9.36. The summed E-state index contributed by atoms with van der Waals surface area (Å²) in [7, 11) is 0. The largest absolute Gasteiger partial charge is 0.126 e. The normalized spacial score (nSPS) is 10.8. The smallest absolute Gasteiger partial charge is 0.00720 e. The van der Waals surface area contributed by atoms with Gasteiger partial charge in [0.2, 0.25) is 0 Å². The molecular weight excluding hydrogens is 176 g/mol. The van der Waals surface area contributed by atoms with Gasteiger partial charge in [-0.05, 0) is 25.0 Å². The molecule has 0 aliphatic heterocycles. The Hall–Kier alpha value is -0.690. The maximum absolute atomic E-state index is 2.26. The highest BCUT2D eigenvalue weighted by Gasteiger charge is 1.89. The highest BCUT2D eigenvalue weighted by molar-refractivity contribution is 7.99. The predicted molar refractivity (Wildman–Crippen MR) is 61.2 cm³/mol. The molecule has 0 radical (unpaired) electrons. The van der Waals surface area contributed by atoms with Gasteiger partial charge < -0.3 is 0 Å². The van der Waals surface area contributed by atoms with Crippen LogP contribution in [-0.4, -0.2) is 5.75 Å². The lowest BCUT2D eigenvalue weighted by Gasteiger charge is -1.97. The second-order valence-corrected chi connectivity index (χ2v) is 4.00. The molecule has 0 spiro atoms. The first-order chi connectivity index (χ1) is 6.43. The van der Waals surface area contributed by atoms with E-state index in [1.54, 1.807) is 0 Å². The van der Waals surface area contributed by atoms with Gasteiger partial charge in [0.1, 0.15) is 0 Å². The van der Waals surface area contributed by atoms with Crippen molar-refractivity contribution in [1.82, 2.24) is 0 Å². The van der Waals surface area contributed by atoms with Crippen LogP contribution in [-0.2, 0) is 0 Å². The lowest BCUT2D eigenvalue weighted by Crippen LogP contribution is -1.75. The molecule has 1 aromatic rings. The Morgan fingerprint density at radius 3 is 2.62 bits per heavy atom. The van der Waals surface area contributed by atoms with Crippen LogP contribution in [0, 0.1) is 0 Å². The summed E-state index contributed by atoms with van der Waals surface area (Å²) < 4.78 is 0. The molecule has 0 aliphatic rings. The first kappa shape index (κ1) is 10.4. The standard InChI is InChI=1S/C12H16S/c1-2-3-4-8-11-13-12-9-6-5-7-10-12/h3-7,9-10H,2,8,11H2,1H3/b4-3-. The van der Waals surface area contributed by atoms with Gasteiger partial charge >= 0.3 is 0 Å². The van der Waals surface area contributed by atoms with Gasteiger partial charge in [0, 0.05) is 10.6 Å². The van der Waals surface area contributed by atoms with Crippen LogP contribution in [0.25, 0.3) is 0 Å². The highest BCUT2D eigenvalue weighted by Crippen LogP contribution is 2.17. The van der Waals surface area contributed by atoms with Crippen molar-refractivity contribution in [3.8, 4) is 0 Å². The molecule has 0 saturated carbocycles. The van der Waals surface area contributed by atoms with Crippen molar-refractivity contribution in [1.29, 1.82) is 0 Å². The highest BCUT2D eigenvalue weighted by atomic mass is 32.2. The summed E-state index contributed by atoms with van der Waals surface area (Å²) in [6.45, 7) is 2.17. The summed E-state index contributed by atoms with van der Waals surface area (Å²) in [5.74, 6) is 1.18. The van der Waals surface area contributed by atoms with Crippen LogP contribution in [0.1, 0.15) is 19.8 Å². The van der Waals surface area contributed by atoms with Crippen LogP contribution in [0.2, 0.25) is 0 Å². The van der Waals surface area contributed by atoms with Gasteiger partial charge in [0.05, 0.1) is 0 Å². The molecule has 0 amide bonds. The second-order valence-electron chi connectivity index (χ2n) is 2.83. The van der Waals surface area contributed by atoms with Crippen molar-refractivity contribution in [3.63, 3.8) is 0 Å². The van der Waals surface area contributed by atoms with Crippen molar-refractivity contribution in [2.45, 2.75) is 24.7 Å². The van der Waals surface area contributed by atoms with E-state index in [1.807, 2.05) is 11.8 Å². The van der Waals surface area contributed by atoms with E-state index < -0.39 is 0 Å². The molecule has 1 heteroatoms. The van der Waals surface area contributed by atoms with Gasteiger partial charge in [-0.2, -0.15) is 0 Å².